The summed E-state index contributed by atoms with van der Waals surface area (Å²) in [7, 11) is -2.42. The van der Waals surface area contributed by atoms with Crippen LogP contribution >= 0.6 is 0 Å². The highest BCUT2D eigenvalue weighted by Crippen LogP contribution is 2.16. The number of rotatable bonds is 9. The summed E-state index contributed by atoms with van der Waals surface area (Å²) in [6, 6.07) is 0. The molecule has 0 spiro atoms. The molecule has 1 unspecified atom stereocenters. The molecule has 0 aromatic heterocycles. The average molecular weight is 366 g/mol. The molecule has 3 N–H and O–H groups in total. The van der Waals surface area contributed by atoms with Crippen LogP contribution in [0.15, 0.2) is 0 Å². The van der Waals surface area contributed by atoms with E-state index >= 15 is 0 Å². The van der Waals surface area contributed by atoms with Gasteiger partial charge in [0.1, 0.15) is 0 Å². The maximum absolute atomic E-state index is 12.2. The van der Waals surface area contributed by atoms with Crippen LogP contribution in [0.5, 0.6) is 0 Å². The average Bonchev–Trinajstić information content (AvgIpc) is 2.38. The monoisotopic (exact) mass is 366 g/mol. The van der Waals surface area contributed by atoms with Gasteiger partial charge in [0, 0.05) is 38.3 Å². The highest BCUT2D eigenvalue weighted by atomic mass is 32.3. The largest absolute Gasteiger partial charge is 0.413 e. The molecule has 1 fully saturated rings. The Labute approximate surface area is 144 Å². The zero-order valence-corrected chi connectivity index (χ0v) is 15.7. The molecular formula is C14H30N4O5S. The smallest absolute Gasteiger partial charge is 0.350 e. The first kappa shape index (κ1) is 21.3. The normalized spacial score (nSPS) is 19.2. The molecule has 0 aliphatic carbocycles. The standard InChI is InChI=1S/C14H30N4O5S/c1-12(10-15-23-24(20,21)22)9-14(2,3)16-13(19)11-18-7-5-17(4)6-8-18/h12,15H,5-11H2,1-4H3,(H,16,19)(H,20,21,22). The Morgan fingerprint density at radius 2 is 1.88 bits per heavy atom. The third-order valence-corrected chi connectivity index (χ3v) is 4.22. The third kappa shape index (κ3) is 9.50. The molecule has 10 heteroatoms. The van der Waals surface area contributed by atoms with Gasteiger partial charge in [0.25, 0.3) is 0 Å². The van der Waals surface area contributed by atoms with Gasteiger partial charge in [-0.15, -0.1) is 0 Å². The second kappa shape index (κ2) is 9.07. The Balaban J connectivity index is 2.32. The van der Waals surface area contributed by atoms with Gasteiger partial charge in [-0.25, -0.2) is 0 Å². The van der Waals surface area contributed by atoms with Crippen LogP contribution in [0.25, 0.3) is 0 Å². The number of hydroxylamine groups is 1. The highest BCUT2D eigenvalue weighted by Gasteiger charge is 2.25. The molecule has 142 valence electrons. The van der Waals surface area contributed by atoms with Gasteiger partial charge < -0.3 is 10.2 Å². The lowest BCUT2D eigenvalue weighted by atomic mass is 9.91. The molecule has 24 heavy (non-hydrogen) atoms. The number of nitrogens with zero attached hydrogens (tertiary/aromatic N) is 2. The Kier molecular flexibility index (Phi) is 8.03. The van der Waals surface area contributed by atoms with Crippen molar-refractivity contribution in [3.8, 4) is 0 Å². The van der Waals surface area contributed by atoms with Crippen LogP contribution in [-0.4, -0.2) is 80.5 Å². The van der Waals surface area contributed by atoms with Crippen molar-refractivity contribution in [1.29, 1.82) is 0 Å². The zero-order chi connectivity index (χ0) is 18.4. The SMILES string of the molecule is CC(CNOS(=O)(=O)O)CC(C)(C)NC(=O)CN1CCN(C)CC1. The minimum Gasteiger partial charge on any atom is -0.350 e. The molecule has 1 atom stereocenters. The molecule has 1 aliphatic rings. The Morgan fingerprint density at radius 3 is 2.42 bits per heavy atom. The van der Waals surface area contributed by atoms with Crippen molar-refractivity contribution < 1.29 is 22.0 Å². The summed E-state index contributed by atoms with van der Waals surface area (Å²) in [5, 5.41) is 3.02. The van der Waals surface area contributed by atoms with E-state index in [1.165, 1.54) is 0 Å². The van der Waals surface area contributed by atoms with Crippen molar-refractivity contribution in [1.82, 2.24) is 20.6 Å². The van der Waals surface area contributed by atoms with Gasteiger partial charge in [-0.3, -0.25) is 14.2 Å². The van der Waals surface area contributed by atoms with Crippen LogP contribution in [0.4, 0.5) is 0 Å². The lowest BCUT2D eigenvalue weighted by Crippen LogP contribution is -2.52. The number of carbonyl (C=O) groups is 1. The lowest BCUT2D eigenvalue weighted by Gasteiger charge is -2.34. The fourth-order valence-electron chi connectivity index (χ4n) is 2.87. The molecule has 0 aromatic rings. The summed E-state index contributed by atoms with van der Waals surface area (Å²) < 4.78 is 33.5. The van der Waals surface area contributed by atoms with Crippen LogP contribution in [-0.2, 0) is 19.5 Å². The van der Waals surface area contributed by atoms with E-state index in [0.29, 0.717) is 13.0 Å². The minimum atomic E-state index is -4.49. The van der Waals surface area contributed by atoms with Crippen molar-refractivity contribution in [2.24, 2.45) is 5.92 Å². The quantitative estimate of drug-likeness (QED) is 0.369. The van der Waals surface area contributed by atoms with Gasteiger partial charge in [-0.1, -0.05) is 6.92 Å². The maximum Gasteiger partial charge on any atom is 0.413 e. The van der Waals surface area contributed by atoms with Crippen molar-refractivity contribution in [3.05, 3.63) is 0 Å². The molecule has 1 rings (SSSR count). The summed E-state index contributed by atoms with van der Waals surface area (Å²) in [6.45, 7) is 10.1. The number of piperazine rings is 1. The van der Waals surface area contributed by atoms with E-state index in [0.717, 1.165) is 26.2 Å². The second-order valence-corrected chi connectivity index (χ2v) is 8.20. The Morgan fingerprint density at radius 1 is 1.29 bits per heavy atom. The molecule has 1 amide bonds. The van der Waals surface area contributed by atoms with E-state index in [-0.39, 0.29) is 18.4 Å². The van der Waals surface area contributed by atoms with Gasteiger partial charge in [0.15, 0.2) is 0 Å². The number of hydrogen-bond acceptors (Lipinski definition) is 7. The van der Waals surface area contributed by atoms with E-state index in [1.54, 1.807) is 0 Å². The van der Waals surface area contributed by atoms with Gasteiger partial charge >= 0.3 is 10.4 Å². The third-order valence-electron chi connectivity index (χ3n) is 3.90. The van der Waals surface area contributed by atoms with Crippen LogP contribution in [0.1, 0.15) is 27.2 Å². The van der Waals surface area contributed by atoms with Crippen molar-refractivity contribution >= 4 is 16.3 Å². The number of amides is 1. The number of carbonyl (C=O) groups excluding carboxylic acids is 1. The number of likely N-dealkylation sites (N-methyl/N-ethyl adjacent to an activating group) is 1. The number of hydrogen-bond donors (Lipinski definition) is 3. The summed E-state index contributed by atoms with van der Waals surface area (Å²) in [6.07, 6.45) is 0.628. The molecule has 0 radical (unpaired) electrons. The molecular weight excluding hydrogens is 336 g/mol. The summed E-state index contributed by atoms with van der Waals surface area (Å²) in [5.41, 5.74) is 1.78. The van der Waals surface area contributed by atoms with Crippen LogP contribution in [0.2, 0.25) is 0 Å². The van der Waals surface area contributed by atoms with E-state index in [4.69, 9.17) is 4.55 Å². The summed E-state index contributed by atoms with van der Waals surface area (Å²) in [4.78, 5) is 16.6. The van der Waals surface area contributed by atoms with Gasteiger partial charge in [0.05, 0.1) is 6.54 Å². The van der Waals surface area contributed by atoms with E-state index in [2.05, 4.69) is 31.9 Å². The first-order valence-electron chi connectivity index (χ1n) is 8.07. The van der Waals surface area contributed by atoms with E-state index in [9.17, 15) is 13.2 Å². The first-order chi connectivity index (χ1) is 11.0. The van der Waals surface area contributed by atoms with E-state index in [1.807, 2.05) is 20.8 Å². The molecule has 1 aliphatic heterocycles. The maximum atomic E-state index is 12.2. The van der Waals surface area contributed by atoms with Gasteiger partial charge in [0.2, 0.25) is 5.91 Å². The minimum absolute atomic E-state index is 0.0149. The fraction of sp³-hybridized carbons (Fsp3) is 0.929. The molecule has 9 nitrogen and oxygen atoms in total. The molecule has 1 heterocycles. The van der Waals surface area contributed by atoms with Crippen molar-refractivity contribution in [3.63, 3.8) is 0 Å². The van der Waals surface area contributed by atoms with Crippen LogP contribution in [0, 0.1) is 5.92 Å². The Hall–Kier alpha value is -0.780. The van der Waals surface area contributed by atoms with Crippen molar-refractivity contribution in [2.45, 2.75) is 32.7 Å². The van der Waals surface area contributed by atoms with Crippen molar-refractivity contribution in [2.75, 3.05) is 46.3 Å². The molecule has 0 bridgehead atoms. The summed E-state index contributed by atoms with van der Waals surface area (Å²) in [5.74, 6) is 0.0181. The molecule has 0 aromatic carbocycles. The summed E-state index contributed by atoms with van der Waals surface area (Å²) >= 11 is 0. The zero-order valence-electron chi connectivity index (χ0n) is 14.9. The molecule has 1 saturated heterocycles. The highest BCUT2D eigenvalue weighted by molar-refractivity contribution is 7.80. The van der Waals surface area contributed by atoms with Gasteiger partial charge in [-0.2, -0.15) is 18.2 Å². The Bertz CT molecular complexity index is 503. The van der Waals surface area contributed by atoms with Crippen LogP contribution < -0.4 is 10.8 Å². The fourth-order valence-corrected chi connectivity index (χ4v) is 3.09. The predicted molar refractivity (Wildman–Crippen MR) is 90.6 cm³/mol. The first-order valence-corrected chi connectivity index (χ1v) is 9.44. The molecule has 0 saturated carbocycles. The predicted octanol–water partition coefficient (Wildman–Crippen LogP) is -0.521. The van der Waals surface area contributed by atoms with Crippen LogP contribution in [0.3, 0.4) is 0 Å². The second-order valence-electron chi connectivity index (χ2n) is 7.18. The topological polar surface area (TPSA) is 111 Å². The van der Waals surface area contributed by atoms with E-state index < -0.39 is 15.9 Å². The number of nitrogens with one attached hydrogen (secondary N) is 2. The van der Waals surface area contributed by atoms with Gasteiger partial charge in [-0.05, 0) is 33.2 Å². The lowest BCUT2D eigenvalue weighted by molar-refractivity contribution is -0.124.